The lowest BCUT2D eigenvalue weighted by Crippen LogP contribution is -2.58. The number of rotatable bonds is 16. The fourth-order valence-corrected chi connectivity index (χ4v) is 20.7. The Morgan fingerprint density at radius 3 is 1.08 bits per heavy atom. The molecule has 0 unspecified atom stereocenters. The van der Waals surface area contributed by atoms with Crippen LogP contribution in [0, 0.1) is 0 Å². The third-order valence-corrected chi connectivity index (χ3v) is 22.4. The first-order valence-electron chi connectivity index (χ1n) is 10.7. The predicted molar refractivity (Wildman–Crippen MR) is 119 cm³/mol. The predicted octanol–water partition coefficient (Wildman–Crippen LogP) is 5.17. The van der Waals surface area contributed by atoms with Gasteiger partial charge in [-0.1, -0.05) is 41.5 Å². The van der Waals surface area contributed by atoms with Gasteiger partial charge in [0.1, 0.15) is 0 Å². The van der Waals surface area contributed by atoms with Crippen molar-refractivity contribution in [3.8, 4) is 0 Å². The quantitative estimate of drug-likeness (QED) is 0.347. The van der Waals surface area contributed by atoms with Crippen LogP contribution in [-0.2, 0) is 8.23 Å². The van der Waals surface area contributed by atoms with Gasteiger partial charge < -0.3 is 19.7 Å². The molecular formula is C18H46N2O2Si3. The van der Waals surface area contributed by atoms with E-state index in [4.69, 9.17) is 19.7 Å². The molecule has 0 aliphatic heterocycles. The SMILES string of the molecule is CC[Si](CC)(CCCN)O[Si](CC)(CC)O[Si](CC)(CC)CCCN. The van der Waals surface area contributed by atoms with Crippen LogP contribution in [0.2, 0.25) is 48.4 Å². The van der Waals surface area contributed by atoms with Crippen LogP contribution in [0.5, 0.6) is 0 Å². The second kappa shape index (κ2) is 12.8. The first-order valence-corrected chi connectivity index (χ1v) is 18.0. The van der Waals surface area contributed by atoms with E-state index in [0.29, 0.717) is 0 Å². The summed E-state index contributed by atoms with van der Waals surface area (Å²) in [5, 5.41) is 0. The Balaban J connectivity index is 5.55. The van der Waals surface area contributed by atoms with E-state index in [1.165, 1.54) is 36.3 Å². The molecule has 0 heterocycles. The molecule has 0 bridgehead atoms. The lowest BCUT2D eigenvalue weighted by molar-refractivity contribution is 0.358. The third kappa shape index (κ3) is 7.56. The van der Waals surface area contributed by atoms with Gasteiger partial charge in [0.05, 0.1) is 0 Å². The van der Waals surface area contributed by atoms with Gasteiger partial charge in [-0.3, -0.25) is 0 Å². The van der Waals surface area contributed by atoms with E-state index < -0.39 is 25.2 Å². The third-order valence-electron chi connectivity index (χ3n) is 6.13. The molecule has 25 heavy (non-hydrogen) atoms. The van der Waals surface area contributed by atoms with Crippen LogP contribution in [0.3, 0.4) is 0 Å². The zero-order valence-corrected chi connectivity index (χ0v) is 21.0. The molecule has 0 aromatic heterocycles. The second-order valence-corrected chi connectivity index (χ2v) is 20.8. The zero-order chi connectivity index (χ0) is 19.4. The molecule has 4 N–H and O–H groups in total. The molecule has 0 amide bonds. The summed E-state index contributed by atoms with van der Waals surface area (Å²) in [6.45, 7) is 15.4. The van der Waals surface area contributed by atoms with Gasteiger partial charge in [0.25, 0.3) is 0 Å². The van der Waals surface area contributed by atoms with Crippen molar-refractivity contribution in [2.45, 2.75) is 103 Å². The van der Waals surface area contributed by atoms with Crippen molar-refractivity contribution in [3.05, 3.63) is 0 Å². The van der Waals surface area contributed by atoms with Gasteiger partial charge in [0.15, 0.2) is 16.6 Å². The van der Waals surface area contributed by atoms with E-state index in [9.17, 15) is 0 Å². The highest BCUT2D eigenvalue weighted by atomic mass is 28.5. The average molecular weight is 407 g/mol. The van der Waals surface area contributed by atoms with Gasteiger partial charge in [-0.05, 0) is 74.3 Å². The highest BCUT2D eigenvalue weighted by Gasteiger charge is 2.47. The van der Waals surface area contributed by atoms with Crippen molar-refractivity contribution in [2.75, 3.05) is 13.1 Å². The van der Waals surface area contributed by atoms with Crippen molar-refractivity contribution in [1.82, 2.24) is 0 Å². The largest absolute Gasteiger partial charge is 0.436 e. The van der Waals surface area contributed by atoms with Crippen molar-refractivity contribution >= 4 is 25.2 Å². The van der Waals surface area contributed by atoms with Crippen LogP contribution in [0.4, 0.5) is 0 Å². The Bertz CT molecular complexity index is 306. The molecule has 0 saturated carbocycles. The minimum atomic E-state index is -2.16. The average Bonchev–Trinajstić information content (AvgIpc) is 2.67. The number of hydrogen-bond donors (Lipinski definition) is 2. The summed E-state index contributed by atoms with van der Waals surface area (Å²) in [5.41, 5.74) is 11.6. The van der Waals surface area contributed by atoms with Gasteiger partial charge in [0, 0.05) is 0 Å². The Kier molecular flexibility index (Phi) is 13.1. The molecule has 0 aromatic rings. The van der Waals surface area contributed by atoms with E-state index in [-0.39, 0.29) is 0 Å². The van der Waals surface area contributed by atoms with Crippen molar-refractivity contribution in [2.24, 2.45) is 11.5 Å². The van der Waals surface area contributed by atoms with Gasteiger partial charge in [-0.2, -0.15) is 0 Å². The van der Waals surface area contributed by atoms with E-state index in [1.807, 2.05) is 0 Å². The molecule has 0 aromatic carbocycles. The summed E-state index contributed by atoms with van der Waals surface area (Å²) in [7, 11) is -5.64. The summed E-state index contributed by atoms with van der Waals surface area (Å²) in [6.07, 6.45) is 2.17. The fraction of sp³-hybridized carbons (Fsp3) is 1.00. The zero-order valence-electron chi connectivity index (χ0n) is 18.0. The van der Waals surface area contributed by atoms with Crippen molar-refractivity contribution in [3.63, 3.8) is 0 Å². The smallest absolute Gasteiger partial charge is 0.317 e. The van der Waals surface area contributed by atoms with E-state index in [1.54, 1.807) is 0 Å². The maximum Gasteiger partial charge on any atom is 0.317 e. The molecular weight excluding hydrogens is 360 g/mol. The van der Waals surface area contributed by atoms with E-state index in [2.05, 4.69) is 41.5 Å². The minimum absolute atomic E-state index is 0.769. The van der Waals surface area contributed by atoms with Crippen molar-refractivity contribution < 1.29 is 8.23 Å². The van der Waals surface area contributed by atoms with Crippen LogP contribution < -0.4 is 11.5 Å². The summed E-state index contributed by atoms with van der Waals surface area (Å²) in [4.78, 5) is 0. The summed E-state index contributed by atoms with van der Waals surface area (Å²) in [6, 6.07) is 9.22. The summed E-state index contributed by atoms with van der Waals surface area (Å²) < 4.78 is 14.3. The van der Waals surface area contributed by atoms with Crippen LogP contribution in [0.1, 0.15) is 54.4 Å². The Labute approximate surface area is 160 Å². The van der Waals surface area contributed by atoms with Gasteiger partial charge in [-0.25, -0.2) is 0 Å². The lowest BCUT2D eigenvalue weighted by atomic mass is 10.5. The molecule has 0 rings (SSSR count). The topological polar surface area (TPSA) is 70.5 Å². The van der Waals surface area contributed by atoms with Crippen LogP contribution in [0.15, 0.2) is 0 Å². The van der Waals surface area contributed by atoms with Crippen LogP contribution in [0.25, 0.3) is 0 Å². The Hall–Kier alpha value is 0.491. The van der Waals surface area contributed by atoms with Crippen LogP contribution in [-0.4, -0.2) is 38.3 Å². The maximum atomic E-state index is 7.17. The molecule has 0 aliphatic carbocycles. The molecule has 0 aliphatic rings. The standard InChI is InChI=1S/C18H46N2O2Si3/c1-7-23(8-2,17-13-15-19)21-25(11-5,12-6)22-24(9-3,10-4)18-14-16-20/h7-20H2,1-6H3. The Morgan fingerprint density at radius 2 is 0.880 bits per heavy atom. The summed E-state index contributed by atoms with van der Waals surface area (Å²) >= 11 is 0. The molecule has 7 heteroatoms. The molecule has 152 valence electrons. The molecule has 0 spiro atoms. The Morgan fingerprint density at radius 1 is 0.560 bits per heavy atom. The highest BCUT2D eigenvalue weighted by Crippen LogP contribution is 2.36. The van der Waals surface area contributed by atoms with E-state index >= 15 is 0 Å². The maximum absolute atomic E-state index is 7.17. The fourth-order valence-electron chi connectivity index (χ4n) is 3.79. The normalized spacial score (nSPS) is 13.4. The number of nitrogens with two attached hydrogens (primary N) is 2. The summed E-state index contributed by atoms with van der Waals surface area (Å²) in [5.74, 6) is 0. The first-order chi connectivity index (χ1) is 11.9. The molecule has 4 nitrogen and oxygen atoms in total. The monoisotopic (exact) mass is 406 g/mol. The van der Waals surface area contributed by atoms with Crippen molar-refractivity contribution in [1.29, 1.82) is 0 Å². The highest BCUT2D eigenvalue weighted by molar-refractivity contribution is 6.90. The second-order valence-electron chi connectivity index (χ2n) is 7.39. The molecule has 0 saturated heterocycles. The number of hydrogen-bond acceptors (Lipinski definition) is 4. The van der Waals surface area contributed by atoms with Gasteiger partial charge in [0.2, 0.25) is 0 Å². The lowest BCUT2D eigenvalue weighted by Gasteiger charge is -2.45. The molecule has 0 radical (unpaired) electrons. The molecule has 0 fully saturated rings. The van der Waals surface area contributed by atoms with Gasteiger partial charge >= 0.3 is 8.56 Å². The molecule has 0 atom stereocenters. The van der Waals surface area contributed by atoms with E-state index in [0.717, 1.165) is 38.0 Å². The van der Waals surface area contributed by atoms with Crippen LogP contribution >= 0.6 is 0 Å². The minimum Gasteiger partial charge on any atom is -0.436 e. The first kappa shape index (κ1) is 25.5. The van der Waals surface area contributed by atoms with Gasteiger partial charge in [-0.15, -0.1) is 0 Å².